The maximum absolute atomic E-state index is 12.6. The average molecular weight is 395 g/mol. The first-order valence-electron chi connectivity index (χ1n) is 8.43. The van der Waals surface area contributed by atoms with E-state index in [4.69, 9.17) is 0 Å². The van der Waals surface area contributed by atoms with Crippen LogP contribution in [0.1, 0.15) is 33.9 Å². The molecule has 0 aliphatic rings. The van der Waals surface area contributed by atoms with Crippen LogP contribution in [0.2, 0.25) is 0 Å². The summed E-state index contributed by atoms with van der Waals surface area (Å²) < 4.78 is 37.8. The number of nitrogens with one attached hydrogen (secondary N) is 1. The third kappa shape index (κ3) is 5.32. The van der Waals surface area contributed by atoms with Crippen LogP contribution >= 0.6 is 0 Å². The van der Waals surface area contributed by atoms with Crippen LogP contribution in [-0.4, -0.2) is 28.1 Å². The molecule has 3 N–H and O–H groups in total. The highest BCUT2D eigenvalue weighted by atomic mass is 19.4. The van der Waals surface area contributed by atoms with Gasteiger partial charge in [-0.15, -0.1) is 0 Å². The topological polar surface area (TPSA) is 86.6 Å². The quantitative estimate of drug-likeness (QED) is 0.701. The normalized spacial score (nSPS) is 13.6. The van der Waals surface area contributed by atoms with Gasteiger partial charge in [-0.2, -0.15) is 13.2 Å². The number of aliphatic hydroxyl groups excluding tert-OH is 1. The number of rotatable bonds is 6. The number of aliphatic hydroxyl groups is 1. The Labute approximate surface area is 159 Å². The molecule has 5 nitrogen and oxygen atoms in total. The number of carbonyl (C=O) groups excluding carboxylic acids is 1. The van der Waals surface area contributed by atoms with Crippen LogP contribution in [0.15, 0.2) is 42.5 Å². The largest absolute Gasteiger partial charge is 0.480 e. The fourth-order valence-corrected chi connectivity index (χ4v) is 2.62. The van der Waals surface area contributed by atoms with Crippen LogP contribution in [0.3, 0.4) is 0 Å². The maximum atomic E-state index is 12.6. The molecule has 0 unspecified atom stereocenters. The van der Waals surface area contributed by atoms with E-state index in [1.54, 1.807) is 6.07 Å². The molecule has 150 valence electrons. The first kappa shape index (κ1) is 21.4. The number of carbonyl (C=O) groups is 2. The van der Waals surface area contributed by atoms with Crippen LogP contribution in [0.5, 0.6) is 0 Å². The molecule has 2 atom stereocenters. The Hall–Kier alpha value is -2.87. The lowest BCUT2D eigenvalue weighted by atomic mass is 10.0. The van der Waals surface area contributed by atoms with E-state index < -0.39 is 35.8 Å². The van der Waals surface area contributed by atoms with E-state index >= 15 is 0 Å². The average Bonchev–Trinajstić information content (AvgIpc) is 2.62. The van der Waals surface area contributed by atoms with Gasteiger partial charge in [-0.05, 0) is 48.2 Å². The number of aliphatic carboxylic acids is 1. The molecule has 0 aromatic heterocycles. The molecule has 1 amide bonds. The Morgan fingerprint density at radius 1 is 1.04 bits per heavy atom. The number of hydrogen-bond donors (Lipinski definition) is 3. The van der Waals surface area contributed by atoms with Gasteiger partial charge in [0.25, 0.3) is 5.91 Å². The van der Waals surface area contributed by atoms with Gasteiger partial charge >= 0.3 is 12.1 Å². The summed E-state index contributed by atoms with van der Waals surface area (Å²) in [6.45, 7) is 3.79. The highest BCUT2D eigenvalue weighted by molar-refractivity contribution is 5.87. The molecule has 8 heteroatoms. The summed E-state index contributed by atoms with van der Waals surface area (Å²) in [5, 5.41) is 21.7. The molecule has 0 saturated heterocycles. The predicted octanol–water partition coefficient (Wildman–Crippen LogP) is 3.17. The smallest absolute Gasteiger partial charge is 0.416 e. The summed E-state index contributed by atoms with van der Waals surface area (Å²) >= 11 is 0. The molecule has 2 aromatic rings. The van der Waals surface area contributed by atoms with Crippen molar-refractivity contribution in [3.8, 4) is 0 Å². The zero-order chi connectivity index (χ0) is 21.1. The van der Waals surface area contributed by atoms with Crippen LogP contribution < -0.4 is 5.32 Å². The molecule has 0 aliphatic heterocycles. The second-order valence-electron chi connectivity index (χ2n) is 6.54. The number of aryl methyl sites for hydroxylation is 2. The van der Waals surface area contributed by atoms with E-state index in [1.165, 1.54) is 0 Å². The minimum Gasteiger partial charge on any atom is -0.480 e. The molecule has 0 bridgehead atoms. The lowest BCUT2D eigenvalue weighted by Crippen LogP contribution is -2.44. The number of alkyl halides is 3. The standard InChI is InChI=1S/C20H20F3NO4/c1-11-3-4-13(9-12(11)2)10-16(19(27)28)24-18(26)17(25)14-5-7-15(8-6-14)20(21,22)23/h3-9,16-17,25H,10H2,1-2H3,(H,24,26)(H,27,28)/t16-,17-/m1/s1. The maximum Gasteiger partial charge on any atom is 0.416 e. The number of amides is 1. The van der Waals surface area contributed by atoms with E-state index in [2.05, 4.69) is 5.32 Å². The van der Waals surface area contributed by atoms with Gasteiger partial charge in [0.15, 0.2) is 6.10 Å². The molecule has 2 rings (SSSR count). The monoisotopic (exact) mass is 395 g/mol. The summed E-state index contributed by atoms with van der Waals surface area (Å²) in [5.41, 5.74) is 1.72. The molecule has 0 radical (unpaired) electrons. The highest BCUT2D eigenvalue weighted by Crippen LogP contribution is 2.30. The van der Waals surface area contributed by atoms with Crippen LogP contribution in [0.25, 0.3) is 0 Å². The van der Waals surface area contributed by atoms with Crippen molar-refractivity contribution in [2.24, 2.45) is 0 Å². The van der Waals surface area contributed by atoms with Crippen molar-refractivity contribution in [1.29, 1.82) is 0 Å². The van der Waals surface area contributed by atoms with Gasteiger partial charge in [-0.3, -0.25) is 4.79 Å². The number of carboxylic acids is 1. The second-order valence-corrected chi connectivity index (χ2v) is 6.54. The number of carboxylic acid groups (broad SMARTS) is 1. The number of hydrogen-bond acceptors (Lipinski definition) is 3. The lowest BCUT2D eigenvalue weighted by molar-refractivity contribution is -0.143. The van der Waals surface area contributed by atoms with Gasteiger partial charge in [0.05, 0.1) is 5.56 Å². The highest BCUT2D eigenvalue weighted by Gasteiger charge is 2.31. The van der Waals surface area contributed by atoms with E-state index in [9.17, 15) is 33.0 Å². The molecular weight excluding hydrogens is 375 g/mol. The summed E-state index contributed by atoms with van der Waals surface area (Å²) in [6.07, 6.45) is -6.32. The molecule has 0 spiro atoms. The van der Waals surface area contributed by atoms with E-state index in [-0.39, 0.29) is 12.0 Å². The summed E-state index contributed by atoms with van der Waals surface area (Å²) in [6, 6.07) is 7.55. The molecule has 0 heterocycles. The molecule has 28 heavy (non-hydrogen) atoms. The Morgan fingerprint density at radius 2 is 1.64 bits per heavy atom. The van der Waals surface area contributed by atoms with Crippen molar-refractivity contribution >= 4 is 11.9 Å². The van der Waals surface area contributed by atoms with Crippen molar-refractivity contribution in [2.45, 2.75) is 38.6 Å². The molecule has 0 aliphatic carbocycles. The Kier molecular flexibility index (Phi) is 6.45. The SMILES string of the molecule is Cc1ccc(C[C@@H](NC(=O)[C@H](O)c2ccc(C(F)(F)F)cc2)C(=O)O)cc1C. The van der Waals surface area contributed by atoms with Gasteiger partial charge in [-0.1, -0.05) is 30.3 Å². The Morgan fingerprint density at radius 3 is 2.14 bits per heavy atom. The molecule has 2 aromatic carbocycles. The first-order valence-corrected chi connectivity index (χ1v) is 8.43. The summed E-state index contributed by atoms with van der Waals surface area (Å²) in [4.78, 5) is 23.7. The third-order valence-electron chi connectivity index (χ3n) is 4.43. The van der Waals surface area contributed by atoms with Crippen molar-refractivity contribution in [3.63, 3.8) is 0 Å². The zero-order valence-corrected chi connectivity index (χ0v) is 15.2. The fourth-order valence-electron chi connectivity index (χ4n) is 2.62. The van der Waals surface area contributed by atoms with Crippen molar-refractivity contribution in [3.05, 3.63) is 70.3 Å². The Balaban J connectivity index is 2.10. The van der Waals surface area contributed by atoms with Crippen molar-refractivity contribution in [1.82, 2.24) is 5.32 Å². The van der Waals surface area contributed by atoms with E-state index in [0.29, 0.717) is 5.56 Å². The van der Waals surface area contributed by atoms with Crippen molar-refractivity contribution in [2.75, 3.05) is 0 Å². The van der Waals surface area contributed by atoms with Gasteiger partial charge in [-0.25, -0.2) is 4.79 Å². The zero-order valence-electron chi connectivity index (χ0n) is 15.2. The van der Waals surface area contributed by atoms with Crippen LogP contribution in [0.4, 0.5) is 13.2 Å². The van der Waals surface area contributed by atoms with E-state index in [0.717, 1.165) is 35.4 Å². The first-order chi connectivity index (χ1) is 13.0. The molecule has 0 saturated carbocycles. The van der Waals surface area contributed by atoms with Crippen LogP contribution in [0, 0.1) is 13.8 Å². The van der Waals surface area contributed by atoms with Gasteiger partial charge in [0.1, 0.15) is 6.04 Å². The summed E-state index contributed by atoms with van der Waals surface area (Å²) in [5.74, 6) is -2.29. The number of benzene rings is 2. The van der Waals surface area contributed by atoms with Gasteiger partial charge in [0, 0.05) is 6.42 Å². The van der Waals surface area contributed by atoms with Gasteiger partial charge < -0.3 is 15.5 Å². The minimum atomic E-state index is -4.54. The van der Waals surface area contributed by atoms with E-state index in [1.807, 2.05) is 26.0 Å². The van der Waals surface area contributed by atoms with Crippen LogP contribution in [-0.2, 0) is 22.2 Å². The van der Waals surface area contributed by atoms with Crippen molar-refractivity contribution < 1.29 is 33.0 Å². The van der Waals surface area contributed by atoms with Gasteiger partial charge in [0.2, 0.25) is 0 Å². The molecule has 0 fully saturated rings. The Bertz CT molecular complexity index is 863. The minimum absolute atomic E-state index is 0.00191. The number of halogens is 3. The lowest BCUT2D eigenvalue weighted by Gasteiger charge is -2.18. The third-order valence-corrected chi connectivity index (χ3v) is 4.43. The fraction of sp³-hybridized carbons (Fsp3) is 0.300. The molecular formula is C20H20F3NO4. The predicted molar refractivity (Wildman–Crippen MR) is 95.6 cm³/mol. The summed E-state index contributed by atoms with van der Waals surface area (Å²) in [7, 11) is 0. The second kappa shape index (κ2) is 8.43.